The normalized spacial score (nSPS) is 14.2. The predicted molar refractivity (Wildman–Crippen MR) is 139 cm³/mol. The Kier molecular flexibility index (Phi) is 10.0. The number of rotatable bonds is 4. The number of nitrogens with one attached hydrogen (secondary N) is 2. The summed E-state index contributed by atoms with van der Waals surface area (Å²) < 4.78 is 68.9. The van der Waals surface area contributed by atoms with Crippen molar-refractivity contribution in [1.82, 2.24) is 24.8 Å². The topological polar surface area (TPSA) is 170 Å². The second-order valence-electron chi connectivity index (χ2n) is 9.03. The molecule has 42 heavy (non-hydrogen) atoms. The molecule has 1 aliphatic rings. The number of H-pyrrole nitrogens is 2. The second kappa shape index (κ2) is 13.1. The van der Waals surface area contributed by atoms with Crippen molar-refractivity contribution in [2.45, 2.75) is 25.7 Å². The summed E-state index contributed by atoms with van der Waals surface area (Å²) in [6.45, 7) is 6.73. The van der Waals surface area contributed by atoms with Crippen LogP contribution < -0.4 is 5.73 Å². The van der Waals surface area contributed by atoms with E-state index in [1.807, 2.05) is 13.0 Å². The van der Waals surface area contributed by atoms with Gasteiger partial charge in [-0.3, -0.25) is 4.90 Å². The van der Waals surface area contributed by atoms with Gasteiger partial charge in [-0.1, -0.05) is 12.1 Å². The third-order valence-corrected chi connectivity index (χ3v) is 5.88. The molecule has 4 heterocycles. The number of carboxylic acid groups (broad SMARTS) is 2. The molecule has 6 N–H and O–H groups in total. The molecule has 4 aromatic rings. The number of fused-ring (bicyclic) bond motifs is 2. The Morgan fingerprint density at radius 1 is 0.976 bits per heavy atom. The molecule has 11 nitrogen and oxygen atoms in total. The predicted octanol–water partition coefficient (Wildman–Crippen LogP) is 4.14. The van der Waals surface area contributed by atoms with E-state index in [1.54, 1.807) is 0 Å². The molecule has 0 amide bonds. The fourth-order valence-corrected chi connectivity index (χ4v) is 3.92. The summed E-state index contributed by atoms with van der Waals surface area (Å²) in [6.07, 6.45) is -9.13. The van der Waals surface area contributed by atoms with Crippen LogP contribution in [0.1, 0.15) is 11.4 Å². The fourth-order valence-electron chi connectivity index (χ4n) is 3.92. The van der Waals surface area contributed by atoms with E-state index in [2.05, 4.69) is 49.1 Å². The van der Waals surface area contributed by atoms with Crippen LogP contribution in [0.2, 0.25) is 0 Å². The molecule has 5 rings (SSSR count). The molecule has 0 radical (unpaired) electrons. The maximum absolute atomic E-state index is 10.6. The molecular formula is C25H26F6N6O5. The number of hydrogen-bond donors (Lipinski definition) is 5. The monoisotopic (exact) mass is 604 g/mol. The minimum atomic E-state index is -5.08. The lowest BCUT2D eigenvalue weighted by atomic mass is 10.1. The maximum atomic E-state index is 10.6. The van der Waals surface area contributed by atoms with E-state index >= 15 is 0 Å². The molecule has 0 atom stereocenters. The zero-order chi connectivity index (χ0) is 31.2. The molecule has 3 aromatic heterocycles. The van der Waals surface area contributed by atoms with Crippen molar-refractivity contribution in [3.05, 3.63) is 41.7 Å². The summed E-state index contributed by atoms with van der Waals surface area (Å²) in [4.78, 5) is 35.9. The summed E-state index contributed by atoms with van der Waals surface area (Å²) in [5.74, 6) is -4.21. The van der Waals surface area contributed by atoms with Crippen LogP contribution in [0.15, 0.2) is 30.3 Å². The van der Waals surface area contributed by atoms with Crippen molar-refractivity contribution in [3.63, 3.8) is 0 Å². The molecule has 17 heteroatoms. The number of carboxylic acids is 2. The van der Waals surface area contributed by atoms with Crippen LogP contribution in [0.3, 0.4) is 0 Å². The number of aryl methyl sites for hydroxylation is 1. The summed E-state index contributed by atoms with van der Waals surface area (Å²) in [7, 11) is 0. The molecule has 0 saturated carbocycles. The lowest BCUT2D eigenvalue weighted by molar-refractivity contribution is -0.193. The molecular weight excluding hydrogens is 578 g/mol. The number of nitrogens with zero attached hydrogens (tertiary/aromatic N) is 3. The van der Waals surface area contributed by atoms with E-state index in [1.165, 1.54) is 10.9 Å². The van der Waals surface area contributed by atoms with E-state index in [-0.39, 0.29) is 0 Å². The van der Waals surface area contributed by atoms with E-state index in [0.717, 1.165) is 67.4 Å². The van der Waals surface area contributed by atoms with Gasteiger partial charge in [-0.25, -0.2) is 19.6 Å². The summed E-state index contributed by atoms with van der Waals surface area (Å²) in [5.41, 5.74) is 12.0. The number of aromatic nitrogens is 4. The van der Waals surface area contributed by atoms with Gasteiger partial charge in [0.2, 0.25) is 0 Å². The van der Waals surface area contributed by atoms with Crippen LogP contribution >= 0.6 is 0 Å². The van der Waals surface area contributed by atoms with Gasteiger partial charge in [0.15, 0.2) is 5.65 Å². The minimum absolute atomic E-state index is 0.471. The first-order valence-corrected chi connectivity index (χ1v) is 12.2. The highest BCUT2D eigenvalue weighted by Gasteiger charge is 2.38. The molecule has 1 aromatic carbocycles. The highest BCUT2D eigenvalue weighted by atomic mass is 19.4. The van der Waals surface area contributed by atoms with Gasteiger partial charge in [-0.2, -0.15) is 26.3 Å². The van der Waals surface area contributed by atoms with Crippen molar-refractivity contribution in [3.8, 4) is 11.3 Å². The Balaban J connectivity index is 0.000000289. The van der Waals surface area contributed by atoms with Crippen molar-refractivity contribution >= 4 is 39.8 Å². The van der Waals surface area contributed by atoms with Crippen LogP contribution in [0.5, 0.6) is 0 Å². The van der Waals surface area contributed by atoms with Crippen LogP contribution in [-0.4, -0.2) is 92.2 Å². The standard InChI is InChI=1S/C21H24N6O.2C2HF3O2/c1-13-23-20-16(12-19(22)26-21(20)24-13)18-11-15-3-2-14(10-17(15)25-18)4-5-27-6-8-28-9-7-27;2*3-2(4,5)1(6)7/h2-3,10-12,25H,4-9H2,1H3,(H3,22,23,24,26);2*(H,6,7). The van der Waals surface area contributed by atoms with Gasteiger partial charge in [-0.15, -0.1) is 0 Å². The van der Waals surface area contributed by atoms with Crippen molar-refractivity contribution in [1.29, 1.82) is 0 Å². The number of morpholine rings is 1. The third-order valence-electron chi connectivity index (χ3n) is 5.88. The highest BCUT2D eigenvalue weighted by molar-refractivity contribution is 5.95. The Labute approximate surface area is 233 Å². The maximum Gasteiger partial charge on any atom is 0.490 e. The van der Waals surface area contributed by atoms with Crippen LogP contribution in [-0.2, 0) is 20.7 Å². The third kappa shape index (κ3) is 8.81. The summed E-state index contributed by atoms with van der Waals surface area (Å²) >= 11 is 0. The zero-order valence-corrected chi connectivity index (χ0v) is 21.9. The number of hydrogen-bond acceptors (Lipinski definition) is 7. The lowest BCUT2D eigenvalue weighted by Gasteiger charge is -2.26. The number of anilines is 1. The number of nitrogen functional groups attached to an aromatic ring is 1. The van der Waals surface area contributed by atoms with Crippen LogP contribution in [0, 0.1) is 6.92 Å². The average molecular weight is 605 g/mol. The number of pyridine rings is 1. The van der Waals surface area contributed by atoms with Crippen LogP contribution in [0.25, 0.3) is 33.3 Å². The van der Waals surface area contributed by atoms with E-state index in [0.29, 0.717) is 11.5 Å². The number of ether oxygens (including phenoxy) is 1. The summed E-state index contributed by atoms with van der Waals surface area (Å²) in [6, 6.07) is 10.7. The van der Waals surface area contributed by atoms with Gasteiger partial charge in [-0.05, 0) is 37.1 Å². The molecule has 0 unspecified atom stereocenters. The average Bonchev–Trinajstić information content (AvgIpc) is 3.49. The van der Waals surface area contributed by atoms with Gasteiger partial charge in [0.25, 0.3) is 0 Å². The molecule has 0 spiro atoms. The van der Waals surface area contributed by atoms with Crippen molar-refractivity contribution in [2.24, 2.45) is 0 Å². The van der Waals surface area contributed by atoms with Crippen LogP contribution in [0.4, 0.5) is 32.2 Å². The smallest absolute Gasteiger partial charge is 0.475 e. The Hall–Kier alpha value is -4.38. The number of imidazole rings is 1. The molecule has 1 fully saturated rings. The molecule has 0 bridgehead atoms. The largest absolute Gasteiger partial charge is 0.490 e. The van der Waals surface area contributed by atoms with E-state index in [9.17, 15) is 26.3 Å². The first kappa shape index (κ1) is 32.1. The number of carbonyl (C=O) groups is 2. The summed E-state index contributed by atoms with van der Waals surface area (Å²) in [5, 5.41) is 15.4. The Bertz CT molecular complexity index is 1520. The molecule has 0 aliphatic carbocycles. The van der Waals surface area contributed by atoms with Crippen molar-refractivity contribution < 1.29 is 50.9 Å². The quantitative estimate of drug-likeness (QED) is 0.215. The van der Waals surface area contributed by atoms with E-state index in [4.69, 9.17) is 30.3 Å². The van der Waals surface area contributed by atoms with Gasteiger partial charge in [0.1, 0.15) is 11.6 Å². The van der Waals surface area contributed by atoms with Crippen molar-refractivity contribution in [2.75, 3.05) is 38.6 Å². The highest BCUT2D eigenvalue weighted by Crippen LogP contribution is 2.30. The molecule has 1 saturated heterocycles. The number of alkyl halides is 6. The first-order chi connectivity index (χ1) is 19.5. The minimum Gasteiger partial charge on any atom is -0.475 e. The fraction of sp³-hybridized carbons (Fsp3) is 0.360. The zero-order valence-electron chi connectivity index (χ0n) is 21.9. The number of aromatic amines is 2. The SMILES string of the molecule is Cc1nc2nc(N)cc(-c3cc4ccc(CCN5CCOCC5)cc4[nH]3)c2[nH]1.O=C(O)C(F)(F)F.O=C(O)C(F)(F)F. The number of halogens is 6. The first-order valence-electron chi connectivity index (χ1n) is 12.2. The lowest BCUT2D eigenvalue weighted by Crippen LogP contribution is -2.37. The van der Waals surface area contributed by atoms with E-state index < -0.39 is 24.3 Å². The number of benzene rings is 1. The van der Waals surface area contributed by atoms with Gasteiger partial charge in [0, 0.05) is 41.8 Å². The van der Waals surface area contributed by atoms with Gasteiger partial charge >= 0.3 is 24.3 Å². The second-order valence-corrected chi connectivity index (χ2v) is 9.03. The Morgan fingerprint density at radius 2 is 1.57 bits per heavy atom. The Morgan fingerprint density at radius 3 is 2.14 bits per heavy atom. The molecule has 228 valence electrons. The number of aliphatic carboxylic acids is 2. The van der Waals surface area contributed by atoms with Gasteiger partial charge < -0.3 is 30.7 Å². The molecule has 1 aliphatic heterocycles. The number of nitrogens with two attached hydrogens (primary N) is 1. The van der Waals surface area contributed by atoms with Gasteiger partial charge in [0.05, 0.1) is 18.7 Å².